The summed E-state index contributed by atoms with van der Waals surface area (Å²) in [6, 6.07) is 9.12. The van der Waals surface area contributed by atoms with Crippen molar-refractivity contribution in [1.29, 1.82) is 0 Å². The lowest BCUT2D eigenvalue weighted by atomic mass is 10.1. The number of carbonyl (C=O) groups is 1. The summed E-state index contributed by atoms with van der Waals surface area (Å²) in [5.41, 5.74) is 0.274. The third-order valence-electron chi connectivity index (χ3n) is 5.33. The molecular formula is C23H19F2N5O2S. The number of carbonyl (C=O) groups excluding carboxylic acids is 1. The molecule has 0 aliphatic heterocycles. The van der Waals surface area contributed by atoms with Gasteiger partial charge in [0.15, 0.2) is 11.5 Å². The van der Waals surface area contributed by atoms with Crippen LogP contribution in [0.25, 0.3) is 16.0 Å². The molecule has 1 N–H and O–H groups in total. The van der Waals surface area contributed by atoms with Crippen LogP contribution in [0, 0.1) is 11.6 Å². The van der Waals surface area contributed by atoms with Crippen molar-refractivity contribution in [1.82, 2.24) is 14.5 Å². The molecule has 0 unspecified atom stereocenters. The van der Waals surface area contributed by atoms with E-state index in [1.807, 2.05) is 14.1 Å². The van der Waals surface area contributed by atoms with E-state index in [9.17, 15) is 18.4 Å². The zero-order valence-electron chi connectivity index (χ0n) is 17.8. The normalized spacial score (nSPS) is 13.3. The molecule has 0 radical (unpaired) electrons. The number of amides is 1. The molecule has 4 aromatic rings. The third kappa shape index (κ3) is 3.97. The van der Waals surface area contributed by atoms with Crippen LogP contribution in [0.5, 0.6) is 0 Å². The highest BCUT2D eigenvalue weighted by Gasteiger charge is 2.29. The molecule has 10 heteroatoms. The second-order valence-corrected chi connectivity index (χ2v) is 9.09. The van der Waals surface area contributed by atoms with Crippen molar-refractivity contribution in [3.05, 3.63) is 75.2 Å². The van der Waals surface area contributed by atoms with Gasteiger partial charge in [0.2, 0.25) is 0 Å². The average Bonchev–Trinajstić information content (AvgIpc) is 3.54. The minimum absolute atomic E-state index is 0.172. The van der Waals surface area contributed by atoms with E-state index < -0.39 is 23.2 Å². The Bertz CT molecular complexity index is 1460. The summed E-state index contributed by atoms with van der Waals surface area (Å²) < 4.78 is 29.6. The van der Waals surface area contributed by atoms with Crippen molar-refractivity contribution in [3.8, 4) is 5.69 Å². The van der Waals surface area contributed by atoms with Crippen molar-refractivity contribution < 1.29 is 13.6 Å². The van der Waals surface area contributed by atoms with Gasteiger partial charge in [0.1, 0.15) is 16.3 Å². The van der Waals surface area contributed by atoms with E-state index in [0.717, 1.165) is 40.7 Å². The van der Waals surface area contributed by atoms with Gasteiger partial charge in [-0.05, 0) is 43.2 Å². The minimum atomic E-state index is -0.752. The topological polar surface area (TPSA) is 80.1 Å². The van der Waals surface area contributed by atoms with Crippen LogP contribution >= 0.6 is 11.3 Å². The van der Waals surface area contributed by atoms with Crippen LogP contribution in [-0.4, -0.2) is 34.5 Å². The fourth-order valence-corrected chi connectivity index (χ4v) is 4.81. The first-order chi connectivity index (χ1) is 15.8. The fraction of sp³-hybridized carbons (Fsp3) is 0.217. The predicted molar refractivity (Wildman–Crippen MR) is 124 cm³/mol. The van der Waals surface area contributed by atoms with Gasteiger partial charge < -0.3 is 10.2 Å². The summed E-state index contributed by atoms with van der Waals surface area (Å²) in [5.74, 6) is -1.11. The van der Waals surface area contributed by atoms with E-state index in [0.29, 0.717) is 23.1 Å². The summed E-state index contributed by atoms with van der Waals surface area (Å²) in [5, 5.41) is 3.33. The van der Waals surface area contributed by atoms with Gasteiger partial charge in [-0.15, -0.1) is 11.3 Å². The highest BCUT2D eigenvalue weighted by molar-refractivity contribution is 7.19. The molecule has 0 spiro atoms. The standard InChI is InChI=1S/C23H19F2N5O2S/c1-29(2)19-18-20(27-22(33-18)12-6-7-12)30(23(32)28-19)15-5-3-4-13(10-15)21(31)26-17-11-14(24)8-9-16(17)25/h3-5,8-12H,6-7H2,1-2H3,(H,26,31). The number of hydrogen-bond acceptors (Lipinski definition) is 6. The van der Waals surface area contributed by atoms with Gasteiger partial charge >= 0.3 is 5.69 Å². The number of fused-ring (bicyclic) bond motifs is 1. The molecule has 1 aliphatic carbocycles. The molecule has 2 aromatic carbocycles. The SMILES string of the molecule is CN(C)c1nc(=O)n(-c2cccc(C(=O)Nc3cc(F)ccc3F)c2)c2nc(C3CC3)sc12. The largest absolute Gasteiger partial charge is 0.361 e. The number of nitrogens with zero attached hydrogens (tertiary/aromatic N) is 4. The van der Waals surface area contributed by atoms with Crippen molar-refractivity contribution in [2.45, 2.75) is 18.8 Å². The van der Waals surface area contributed by atoms with Gasteiger partial charge in [0, 0.05) is 31.6 Å². The Kier molecular flexibility index (Phi) is 5.16. The van der Waals surface area contributed by atoms with Crippen molar-refractivity contribution in [2.24, 2.45) is 0 Å². The first-order valence-corrected chi connectivity index (χ1v) is 11.1. The number of hydrogen-bond donors (Lipinski definition) is 1. The lowest BCUT2D eigenvalue weighted by molar-refractivity contribution is 0.102. The first kappa shape index (κ1) is 21.2. The molecule has 5 rings (SSSR count). The lowest BCUT2D eigenvalue weighted by Gasteiger charge is -2.14. The van der Waals surface area contributed by atoms with Crippen molar-refractivity contribution in [3.63, 3.8) is 0 Å². The van der Waals surface area contributed by atoms with E-state index in [1.54, 1.807) is 17.0 Å². The molecular weight excluding hydrogens is 448 g/mol. The van der Waals surface area contributed by atoms with Gasteiger partial charge in [0.05, 0.1) is 16.4 Å². The predicted octanol–water partition coefficient (Wildman–Crippen LogP) is 4.32. The molecule has 7 nitrogen and oxygen atoms in total. The number of benzene rings is 2. The number of rotatable bonds is 5. The second kappa shape index (κ2) is 8.04. The number of anilines is 2. The van der Waals surface area contributed by atoms with Crippen LogP contribution in [0.3, 0.4) is 0 Å². The Morgan fingerprint density at radius 2 is 1.94 bits per heavy atom. The van der Waals surface area contributed by atoms with E-state index in [4.69, 9.17) is 4.98 Å². The highest BCUT2D eigenvalue weighted by atomic mass is 32.1. The Morgan fingerprint density at radius 3 is 2.67 bits per heavy atom. The summed E-state index contributed by atoms with van der Waals surface area (Å²) in [4.78, 5) is 36.5. The third-order valence-corrected chi connectivity index (χ3v) is 6.53. The highest BCUT2D eigenvalue weighted by Crippen LogP contribution is 2.44. The molecule has 0 bridgehead atoms. The monoisotopic (exact) mass is 467 g/mol. The molecule has 168 valence electrons. The van der Waals surface area contributed by atoms with Crippen LogP contribution in [0.4, 0.5) is 20.3 Å². The fourth-order valence-electron chi connectivity index (χ4n) is 3.52. The number of nitrogens with one attached hydrogen (secondary N) is 1. The summed E-state index contributed by atoms with van der Waals surface area (Å²) in [7, 11) is 3.64. The maximum atomic E-state index is 13.9. The number of thiazole rings is 1. The molecule has 0 saturated heterocycles. The van der Waals surface area contributed by atoms with Crippen LogP contribution in [-0.2, 0) is 0 Å². The van der Waals surface area contributed by atoms with E-state index in [2.05, 4.69) is 10.3 Å². The Balaban J connectivity index is 1.58. The van der Waals surface area contributed by atoms with Crippen LogP contribution in [0.1, 0.15) is 34.1 Å². The van der Waals surface area contributed by atoms with Crippen molar-refractivity contribution >= 4 is 39.1 Å². The second-order valence-electron chi connectivity index (χ2n) is 8.06. The smallest absolute Gasteiger partial charge is 0.355 e. The molecule has 1 fully saturated rings. The minimum Gasteiger partial charge on any atom is -0.361 e. The van der Waals surface area contributed by atoms with Gasteiger partial charge in [-0.3, -0.25) is 4.79 Å². The quantitative estimate of drug-likeness (QED) is 0.473. The van der Waals surface area contributed by atoms with Crippen LogP contribution < -0.4 is 15.9 Å². The van der Waals surface area contributed by atoms with Crippen LogP contribution in [0.15, 0.2) is 47.3 Å². The summed E-state index contributed by atoms with van der Waals surface area (Å²) in [6.07, 6.45) is 2.14. The Labute approximate surface area is 191 Å². The zero-order valence-corrected chi connectivity index (χ0v) is 18.6. The molecule has 2 heterocycles. The number of halogens is 2. The molecule has 33 heavy (non-hydrogen) atoms. The van der Waals surface area contributed by atoms with Crippen molar-refractivity contribution in [2.75, 3.05) is 24.3 Å². The maximum absolute atomic E-state index is 13.9. The van der Waals surface area contributed by atoms with Gasteiger partial charge in [0.25, 0.3) is 5.91 Å². The zero-order chi connectivity index (χ0) is 23.3. The Morgan fingerprint density at radius 1 is 1.15 bits per heavy atom. The van der Waals surface area contributed by atoms with E-state index >= 15 is 0 Å². The molecule has 2 aromatic heterocycles. The van der Waals surface area contributed by atoms with Gasteiger partial charge in [-0.2, -0.15) is 4.98 Å². The van der Waals surface area contributed by atoms with E-state index in [-0.39, 0.29) is 11.3 Å². The van der Waals surface area contributed by atoms with Crippen LogP contribution in [0.2, 0.25) is 0 Å². The van der Waals surface area contributed by atoms with Gasteiger partial charge in [-0.1, -0.05) is 6.07 Å². The molecule has 1 amide bonds. The first-order valence-electron chi connectivity index (χ1n) is 10.3. The maximum Gasteiger partial charge on any atom is 0.355 e. The lowest BCUT2D eigenvalue weighted by Crippen LogP contribution is -2.25. The van der Waals surface area contributed by atoms with Gasteiger partial charge in [-0.25, -0.2) is 23.1 Å². The van der Waals surface area contributed by atoms with E-state index in [1.165, 1.54) is 28.0 Å². The molecule has 1 saturated carbocycles. The summed E-state index contributed by atoms with van der Waals surface area (Å²) >= 11 is 1.52. The average molecular weight is 468 g/mol. The molecule has 1 aliphatic rings. The molecule has 0 atom stereocenters. The summed E-state index contributed by atoms with van der Waals surface area (Å²) in [6.45, 7) is 0. The number of aromatic nitrogens is 3. The Hall–Kier alpha value is -3.66.